The quantitative estimate of drug-likeness (QED) is 0.116. The fraction of sp³-hybridized carbons (Fsp3) is 0.0741. The summed E-state index contributed by atoms with van der Waals surface area (Å²) in [5.74, 6) is -2.33. The van der Waals surface area contributed by atoms with Crippen LogP contribution in [0.1, 0.15) is 22.0 Å². The lowest BCUT2D eigenvalue weighted by Gasteiger charge is -2.18. The fourth-order valence-electron chi connectivity index (χ4n) is 4.29. The van der Waals surface area contributed by atoms with E-state index in [1.807, 2.05) is 48.5 Å². The molecule has 0 amide bonds. The number of benzene rings is 3. The molecule has 0 bridgehead atoms. The second kappa shape index (κ2) is 9.87. The van der Waals surface area contributed by atoms with E-state index >= 15 is 0 Å². The molecule has 0 aliphatic heterocycles. The Balaban J connectivity index is 1.50. The van der Waals surface area contributed by atoms with E-state index in [1.54, 1.807) is 12.1 Å². The van der Waals surface area contributed by atoms with Gasteiger partial charge in [-0.05, 0) is 61.7 Å². The van der Waals surface area contributed by atoms with Crippen molar-refractivity contribution >= 4 is 65.6 Å². The van der Waals surface area contributed by atoms with Gasteiger partial charge >= 0.3 is 11.9 Å². The number of rotatable bonds is 6. The van der Waals surface area contributed by atoms with Crippen LogP contribution in [-0.4, -0.2) is 36.8 Å². The van der Waals surface area contributed by atoms with Crippen molar-refractivity contribution in [1.29, 1.82) is 0 Å². The number of nitrogens with zero attached hydrogens (tertiary/aromatic N) is 2. The number of aromatic nitrogens is 2. The summed E-state index contributed by atoms with van der Waals surface area (Å²) in [7, 11) is 0. The van der Waals surface area contributed by atoms with E-state index in [0.29, 0.717) is 41.9 Å². The summed E-state index contributed by atoms with van der Waals surface area (Å²) in [5, 5.41) is 31.0. The molecule has 0 aliphatic carbocycles. The van der Waals surface area contributed by atoms with Crippen LogP contribution in [0.5, 0.6) is 17.5 Å². The molecule has 0 spiro atoms. The van der Waals surface area contributed by atoms with Crippen LogP contribution in [0, 0.1) is 0 Å². The predicted octanol–water partition coefficient (Wildman–Crippen LogP) is 6.21. The second-order valence-electron chi connectivity index (χ2n) is 8.28. The topological polar surface area (TPSA) is 122 Å². The van der Waals surface area contributed by atoms with E-state index in [9.17, 15) is 24.9 Å². The second-order valence-corrected chi connectivity index (χ2v) is 9.99. The van der Waals surface area contributed by atoms with Crippen molar-refractivity contribution in [3.63, 3.8) is 0 Å². The van der Waals surface area contributed by atoms with Crippen LogP contribution < -0.4 is 4.74 Å². The third kappa shape index (κ3) is 4.65. The maximum Gasteiger partial charge on any atom is 0.344 e. The Labute approximate surface area is 227 Å². The summed E-state index contributed by atoms with van der Waals surface area (Å²) in [6.07, 6.45) is -0.0593. The van der Waals surface area contributed by atoms with Crippen LogP contribution in [0.2, 0.25) is 0 Å². The first-order chi connectivity index (χ1) is 17.7. The molecule has 1 atom stereocenters. The first-order valence-corrected chi connectivity index (χ1v) is 12.6. The van der Waals surface area contributed by atoms with Gasteiger partial charge in [0.25, 0.3) is 0 Å². The average Bonchev–Trinajstić information content (AvgIpc) is 3.20. The van der Waals surface area contributed by atoms with Crippen molar-refractivity contribution in [1.82, 2.24) is 9.55 Å². The zero-order chi connectivity index (χ0) is 26.3. The highest BCUT2D eigenvalue weighted by Crippen LogP contribution is 2.38. The minimum atomic E-state index is -1.27. The lowest BCUT2D eigenvalue weighted by atomic mass is 10.0. The van der Waals surface area contributed by atoms with Crippen molar-refractivity contribution in [2.24, 2.45) is 0 Å². The molecular weight excluding hydrogens is 608 g/mol. The van der Waals surface area contributed by atoms with Crippen LogP contribution in [0.15, 0.2) is 81.7 Å². The van der Waals surface area contributed by atoms with Crippen molar-refractivity contribution in [3.8, 4) is 17.5 Å². The largest absolute Gasteiger partial charge is 0.494 e. The number of carbonyl (C=O) groups excluding carboxylic acids is 1. The van der Waals surface area contributed by atoms with Crippen molar-refractivity contribution in [2.75, 3.05) is 0 Å². The summed E-state index contributed by atoms with van der Waals surface area (Å²) in [5.41, 5.74) is 2.27. The molecule has 37 heavy (non-hydrogen) atoms. The zero-order valence-electron chi connectivity index (χ0n) is 18.9. The molecule has 3 aromatic carbocycles. The highest BCUT2D eigenvalue weighted by atomic mass is 79.9. The molecule has 2 aromatic heterocycles. The Hall–Kier alpha value is -3.89. The normalized spacial score (nSPS) is 12.1. The standard InChI is InChI=1S/C27H18Br2N2O6/c28-17-11-14(13-21(26(34)35)31-22(32)9-10-23(31)33)12-18(29)25(17)37-27(36)24-15-5-1-3-7-19(15)30-20-8-4-2-6-16(20)24/h1-12,21,32-33H,13H2,(H,34,35). The number of carboxylic acids is 1. The molecule has 1 unspecified atom stereocenters. The minimum absolute atomic E-state index is 0.0593. The van der Waals surface area contributed by atoms with Crippen LogP contribution in [0.4, 0.5) is 0 Å². The fourth-order valence-corrected chi connectivity index (χ4v) is 5.73. The summed E-state index contributed by atoms with van der Waals surface area (Å²) in [4.78, 5) is 30.1. The third-order valence-corrected chi connectivity index (χ3v) is 7.12. The van der Waals surface area contributed by atoms with Gasteiger partial charge in [0.2, 0.25) is 0 Å². The Morgan fingerprint density at radius 2 is 1.38 bits per heavy atom. The SMILES string of the molecule is O=C(Oc1c(Br)cc(CC(C(=O)O)n2c(O)ccc2O)cc1Br)c1c2ccccc2nc2ccccc12. The van der Waals surface area contributed by atoms with Gasteiger partial charge in [-0.3, -0.25) is 4.57 Å². The first-order valence-electron chi connectivity index (χ1n) is 11.0. The molecule has 10 heteroatoms. The number of ether oxygens (including phenoxy) is 1. The van der Waals surface area contributed by atoms with Gasteiger partial charge in [0.15, 0.2) is 17.5 Å². The van der Waals surface area contributed by atoms with E-state index in [-0.39, 0.29) is 23.9 Å². The van der Waals surface area contributed by atoms with Crippen LogP contribution in [-0.2, 0) is 11.2 Å². The Morgan fingerprint density at radius 3 is 1.89 bits per heavy atom. The van der Waals surface area contributed by atoms with E-state index in [1.165, 1.54) is 12.1 Å². The van der Waals surface area contributed by atoms with E-state index in [0.717, 1.165) is 4.57 Å². The number of carbonyl (C=O) groups is 2. The van der Waals surface area contributed by atoms with Gasteiger partial charge in [0, 0.05) is 29.3 Å². The molecular formula is C27H18Br2N2O6. The molecule has 5 rings (SSSR count). The number of aromatic hydroxyl groups is 2. The number of pyridine rings is 1. The number of carboxylic acid groups (broad SMARTS) is 1. The number of aliphatic carboxylic acids is 1. The number of para-hydroxylation sites is 2. The highest BCUT2D eigenvalue weighted by Gasteiger charge is 2.26. The molecule has 0 radical (unpaired) electrons. The number of hydrogen-bond acceptors (Lipinski definition) is 6. The first kappa shape index (κ1) is 24.8. The van der Waals surface area contributed by atoms with Gasteiger partial charge in [0.1, 0.15) is 6.04 Å². The number of hydrogen-bond donors (Lipinski definition) is 3. The summed E-state index contributed by atoms with van der Waals surface area (Å²) in [6, 6.07) is 19.1. The molecule has 5 aromatic rings. The number of esters is 1. The molecule has 3 N–H and O–H groups in total. The third-order valence-electron chi connectivity index (χ3n) is 5.95. The molecule has 186 valence electrons. The molecule has 0 saturated heterocycles. The lowest BCUT2D eigenvalue weighted by molar-refractivity contribution is -0.141. The van der Waals surface area contributed by atoms with Gasteiger partial charge in [-0.25, -0.2) is 14.6 Å². The van der Waals surface area contributed by atoms with Crippen LogP contribution >= 0.6 is 31.9 Å². The smallest absolute Gasteiger partial charge is 0.344 e. The lowest BCUT2D eigenvalue weighted by Crippen LogP contribution is -2.21. The molecule has 2 heterocycles. The van der Waals surface area contributed by atoms with Crippen molar-refractivity contribution in [2.45, 2.75) is 12.5 Å². The average molecular weight is 626 g/mol. The zero-order valence-corrected chi connectivity index (χ0v) is 22.1. The number of halogens is 2. The van der Waals surface area contributed by atoms with Crippen LogP contribution in [0.3, 0.4) is 0 Å². The van der Waals surface area contributed by atoms with E-state index in [4.69, 9.17) is 4.74 Å². The minimum Gasteiger partial charge on any atom is -0.494 e. The van der Waals surface area contributed by atoms with Gasteiger partial charge in [0.05, 0.1) is 25.5 Å². The van der Waals surface area contributed by atoms with Gasteiger partial charge in [-0.15, -0.1) is 0 Å². The molecule has 0 fully saturated rings. The Kier molecular flexibility index (Phi) is 6.61. The number of fused-ring (bicyclic) bond motifs is 2. The summed E-state index contributed by atoms with van der Waals surface area (Å²) < 4.78 is 7.59. The monoisotopic (exact) mass is 624 g/mol. The van der Waals surface area contributed by atoms with Gasteiger partial charge < -0.3 is 20.1 Å². The van der Waals surface area contributed by atoms with Gasteiger partial charge in [-0.1, -0.05) is 36.4 Å². The summed E-state index contributed by atoms with van der Waals surface area (Å²) >= 11 is 6.86. The molecule has 8 nitrogen and oxygen atoms in total. The van der Waals surface area contributed by atoms with E-state index < -0.39 is 18.0 Å². The molecule has 0 saturated carbocycles. The Bertz CT molecular complexity index is 1600. The van der Waals surface area contributed by atoms with Gasteiger partial charge in [-0.2, -0.15) is 0 Å². The van der Waals surface area contributed by atoms with E-state index in [2.05, 4.69) is 36.8 Å². The highest BCUT2D eigenvalue weighted by molar-refractivity contribution is 9.11. The maximum atomic E-state index is 13.5. The Morgan fingerprint density at radius 1 is 0.865 bits per heavy atom. The predicted molar refractivity (Wildman–Crippen MR) is 144 cm³/mol. The maximum absolute atomic E-state index is 13.5. The van der Waals surface area contributed by atoms with Crippen LogP contribution in [0.25, 0.3) is 21.8 Å². The molecule has 0 aliphatic rings. The van der Waals surface area contributed by atoms with Crippen molar-refractivity contribution < 1.29 is 29.6 Å². The van der Waals surface area contributed by atoms with Crippen molar-refractivity contribution in [3.05, 3.63) is 92.9 Å². The summed E-state index contributed by atoms with van der Waals surface area (Å²) in [6.45, 7) is 0.